The number of rotatable bonds is 1. The van der Waals surface area contributed by atoms with Crippen LogP contribution < -0.4 is 0 Å². The molecule has 0 aliphatic carbocycles. The highest BCUT2D eigenvalue weighted by Gasteiger charge is 2.03. The van der Waals surface area contributed by atoms with E-state index in [4.69, 9.17) is 0 Å². The summed E-state index contributed by atoms with van der Waals surface area (Å²) >= 11 is 0. The quantitative estimate of drug-likeness (QED) is 0.567. The number of aryl methyl sites for hydroxylation is 2. The average Bonchev–Trinajstić information content (AvgIpc) is 1.85. The highest BCUT2D eigenvalue weighted by atomic mass is 16.1. The van der Waals surface area contributed by atoms with Crippen LogP contribution in [0.4, 0.5) is 0 Å². The first-order chi connectivity index (χ1) is 5.11. The van der Waals surface area contributed by atoms with E-state index in [9.17, 15) is 4.79 Å². The van der Waals surface area contributed by atoms with Gasteiger partial charge in [0.25, 0.3) is 0 Å². The third kappa shape index (κ3) is 1.64. The van der Waals surface area contributed by atoms with E-state index in [1.165, 1.54) is 6.92 Å². The predicted molar refractivity (Wildman–Crippen MR) is 42.6 cm³/mol. The fraction of sp³-hybridized carbons (Fsp3) is 0.333. The molecule has 0 spiro atoms. The predicted octanol–water partition coefficient (Wildman–Crippen LogP) is 1.70. The Kier molecular flexibility index (Phi) is 2.03. The van der Waals surface area contributed by atoms with Crippen molar-refractivity contribution in [3.63, 3.8) is 0 Å². The van der Waals surface area contributed by atoms with E-state index in [0.29, 0.717) is 5.56 Å². The van der Waals surface area contributed by atoms with Crippen LogP contribution >= 0.6 is 0 Å². The van der Waals surface area contributed by atoms with Gasteiger partial charge in [-0.15, -0.1) is 0 Å². The van der Waals surface area contributed by atoms with Crippen molar-refractivity contribution in [1.82, 2.24) is 4.98 Å². The van der Waals surface area contributed by atoms with Crippen LogP contribution in [0.1, 0.15) is 28.5 Å². The number of carbonyl (C=O) groups is 1. The molecule has 0 atom stereocenters. The maximum absolute atomic E-state index is 10.9. The van der Waals surface area contributed by atoms with E-state index in [1.807, 2.05) is 13.8 Å². The maximum Gasteiger partial charge on any atom is 0.161 e. The second-order valence-electron chi connectivity index (χ2n) is 2.56. The van der Waals surface area contributed by atoms with E-state index < -0.39 is 0 Å². The molecule has 0 N–H and O–H groups in total. The second-order valence-corrected chi connectivity index (χ2v) is 2.56. The zero-order valence-corrected chi connectivity index (χ0v) is 6.93. The molecule has 0 bridgehead atoms. The van der Waals surface area contributed by atoms with Crippen LogP contribution in [-0.4, -0.2) is 10.8 Å². The summed E-state index contributed by atoms with van der Waals surface area (Å²) in [4.78, 5) is 14.9. The first-order valence-electron chi connectivity index (χ1n) is 3.47. The molecule has 0 saturated heterocycles. The molecule has 57 valence electrons. The normalized spacial score (nSPS) is 9.73. The minimum Gasteiger partial charge on any atom is -0.294 e. The Hall–Kier alpha value is -1.18. The molecule has 2 heteroatoms. The number of carbonyl (C=O) groups excluding carboxylic acids is 1. The average molecular weight is 148 g/mol. The van der Waals surface area contributed by atoms with Crippen LogP contribution in [0.25, 0.3) is 0 Å². The Morgan fingerprint density at radius 3 is 2.64 bits per heavy atom. The molecular formula is C9H10NO. The van der Waals surface area contributed by atoms with Crippen LogP contribution in [0.3, 0.4) is 0 Å². The highest BCUT2D eigenvalue weighted by Crippen LogP contribution is 2.06. The van der Waals surface area contributed by atoms with Gasteiger partial charge < -0.3 is 0 Å². The minimum absolute atomic E-state index is 0.0475. The van der Waals surface area contributed by atoms with Crippen molar-refractivity contribution in [1.29, 1.82) is 0 Å². The van der Waals surface area contributed by atoms with Gasteiger partial charge in [-0.2, -0.15) is 0 Å². The summed E-state index contributed by atoms with van der Waals surface area (Å²) in [5.74, 6) is 0.0475. The monoisotopic (exact) mass is 148 g/mol. The van der Waals surface area contributed by atoms with Crippen LogP contribution in [0.2, 0.25) is 0 Å². The lowest BCUT2D eigenvalue weighted by Gasteiger charge is -1.99. The fourth-order valence-electron chi connectivity index (χ4n) is 0.984. The largest absolute Gasteiger partial charge is 0.294 e. The number of aromatic nitrogens is 1. The summed E-state index contributed by atoms with van der Waals surface area (Å²) in [7, 11) is 0. The molecule has 1 aromatic heterocycles. The standard InChI is InChI=1S/C9H10NO/c1-6-4-7(2)10-5-9(6)8(3)11/h5H,1-3H3. The number of ketones is 1. The van der Waals surface area contributed by atoms with Gasteiger partial charge in [-0.3, -0.25) is 9.78 Å². The van der Waals surface area contributed by atoms with Crippen LogP contribution in [-0.2, 0) is 0 Å². The molecule has 11 heavy (non-hydrogen) atoms. The molecule has 2 nitrogen and oxygen atoms in total. The third-order valence-corrected chi connectivity index (χ3v) is 1.54. The molecule has 1 rings (SSSR count). The number of nitrogens with zero attached hydrogens (tertiary/aromatic N) is 1. The molecule has 0 aromatic carbocycles. The molecule has 0 aliphatic heterocycles. The van der Waals surface area contributed by atoms with Gasteiger partial charge in [-0.1, -0.05) is 0 Å². The molecule has 1 aromatic rings. The van der Waals surface area contributed by atoms with E-state index >= 15 is 0 Å². The van der Waals surface area contributed by atoms with Gasteiger partial charge in [0.15, 0.2) is 5.78 Å². The number of hydrogen-bond donors (Lipinski definition) is 0. The Bertz CT molecular complexity index is 292. The van der Waals surface area contributed by atoms with Crippen molar-refractivity contribution in [2.24, 2.45) is 0 Å². The Morgan fingerprint density at radius 1 is 1.55 bits per heavy atom. The fourth-order valence-corrected chi connectivity index (χ4v) is 0.984. The molecule has 0 aliphatic rings. The van der Waals surface area contributed by atoms with Crippen LogP contribution in [0.15, 0.2) is 6.20 Å². The molecule has 1 radical (unpaired) electrons. The maximum atomic E-state index is 10.9. The molecule has 0 saturated carbocycles. The molecule has 0 amide bonds. The summed E-state index contributed by atoms with van der Waals surface area (Å²) in [5.41, 5.74) is 2.37. The number of pyridine rings is 1. The second kappa shape index (κ2) is 2.82. The summed E-state index contributed by atoms with van der Waals surface area (Å²) in [6.45, 7) is 5.26. The van der Waals surface area contributed by atoms with Gasteiger partial charge in [0.1, 0.15) is 0 Å². The lowest BCUT2D eigenvalue weighted by atomic mass is 10.1. The van der Waals surface area contributed by atoms with E-state index in [-0.39, 0.29) is 5.78 Å². The van der Waals surface area contributed by atoms with Crippen molar-refractivity contribution >= 4 is 5.78 Å². The Morgan fingerprint density at radius 2 is 2.18 bits per heavy atom. The van der Waals surface area contributed by atoms with Crippen molar-refractivity contribution in [2.75, 3.05) is 0 Å². The molecule has 0 unspecified atom stereocenters. The first kappa shape index (κ1) is 7.92. The molecule has 1 heterocycles. The molecular weight excluding hydrogens is 138 g/mol. The van der Waals surface area contributed by atoms with Gasteiger partial charge >= 0.3 is 0 Å². The summed E-state index contributed by atoms with van der Waals surface area (Å²) in [5, 5.41) is 0. The number of Topliss-reactive ketones (excluding diaryl/α,β-unsaturated/α-hetero) is 1. The first-order valence-corrected chi connectivity index (χ1v) is 3.47. The lowest BCUT2D eigenvalue weighted by Crippen LogP contribution is -1.98. The van der Waals surface area contributed by atoms with Crippen LogP contribution in [0, 0.1) is 19.9 Å². The van der Waals surface area contributed by atoms with Crippen molar-refractivity contribution in [3.05, 3.63) is 29.1 Å². The Balaban J connectivity index is 3.20. The van der Waals surface area contributed by atoms with Crippen molar-refractivity contribution < 1.29 is 4.79 Å². The summed E-state index contributed by atoms with van der Waals surface area (Å²) in [6.07, 6.45) is 1.60. The third-order valence-electron chi connectivity index (χ3n) is 1.54. The van der Waals surface area contributed by atoms with Gasteiger partial charge in [0, 0.05) is 23.5 Å². The van der Waals surface area contributed by atoms with Gasteiger partial charge in [-0.25, -0.2) is 0 Å². The van der Waals surface area contributed by atoms with Crippen molar-refractivity contribution in [3.8, 4) is 0 Å². The topological polar surface area (TPSA) is 30.0 Å². The molecule has 0 fully saturated rings. The minimum atomic E-state index is 0.0475. The van der Waals surface area contributed by atoms with Gasteiger partial charge in [0.2, 0.25) is 0 Å². The van der Waals surface area contributed by atoms with E-state index in [0.717, 1.165) is 11.3 Å². The van der Waals surface area contributed by atoms with E-state index in [2.05, 4.69) is 11.1 Å². The van der Waals surface area contributed by atoms with E-state index in [1.54, 1.807) is 6.20 Å². The highest BCUT2D eigenvalue weighted by molar-refractivity contribution is 5.95. The van der Waals surface area contributed by atoms with Gasteiger partial charge in [-0.05, 0) is 26.3 Å². The summed E-state index contributed by atoms with van der Waals surface area (Å²) in [6, 6.07) is 2.99. The summed E-state index contributed by atoms with van der Waals surface area (Å²) < 4.78 is 0. The van der Waals surface area contributed by atoms with Gasteiger partial charge in [0.05, 0.1) is 0 Å². The SMILES string of the molecule is CC(=O)c1cnc(C)[c]c1C. The van der Waals surface area contributed by atoms with Crippen LogP contribution in [0.5, 0.6) is 0 Å². The zero-order valence-electron chi connectivity index (χ0n) is 6.93. The zero-order chi connectivity index (χ0) is 8.43. The smallest absolute Gasteiger partial charge is 0.161 e. The lowest BCUT2D eigenvalue weighted by molar-refractivity contribution is 0.101. The number of hydrogen-bond acceptors (Lipinski definition) is 2. The van der Waals surface area contributed by atoms with Crippen molar-refractivity contribution in [2.45, 2.75) is 20.8 Å². The Labute approximate surface area is 66.3 Å².